The number of carbonyl (C=O) groups excluding carboxylic acids is 1. The average Bonchev–Trinajstić information content (AvgIpc) is 2.62. The Morgan fingerprint density at radius 2 is 1.91 bits per heavy atom. The normalized spacial score (nSPS) is 16.2. The second-order valence-corrected chi connectivity index (χ2v) is 6.16. The molecule has 1 amide bonds. The highest BCUT2D eigenvalue weighted by molar-refractivity contribution is 5.94. The van der Waals surface area contributed by atoms with Gasteiger partial charge in [0.2, 0.25) is 0 Å². The first kappa shape index (κ1) is 15.7. The van der Waals surface area contributed by atoms with Crippen LogP contribution in [0.5, 0.6) is 0 Å². The number of aromatic nitrogens is 1. The van der Waals surface area contributed by atoms with E-state index >= 15 is 0 Å². The lowest BCUT2D eigenvalue weighted by atomic mass is 9.96. The Hall–Kier alpha value is -2.20. The zero-order chi connectivity index (χ0) is 15.9. The smallest absolute Gasteiger partial charge is 0.251 e. The van der Waals surface area contributed by atoms with Gasteiger partial charge < -0.3 is 5.32 Å². The topological polar surface area (TPSA) is 45.2 Å². The maximum absolute atomic E-state index is 12.1. The highest BCUT2D eigenvalue weighted by Crippen LogP contribution is 2.18. The maximum atomic E-state index is 12.1. The number of hydrogen-bond acceptors (Lipinski definition) is 3. The molecule has 1 aromatic carbocycles. The van der Waals surface area contributed by atoms with E-state index in [2.05, 4.69) is 21.3 Å². The summed E-state index contributed by atoms with van der Waals surface area (Å²) in [6.07, 6.45) is 6.02. The van der Waals surface area contributed by atoms with Crippen LogP contribution in [-0.4, -0.2) is 35.4 Å². The van der Waals surface area contributed by atoms with Crippen molar-refractivity contribution in [3.05, 3.63) is 66.0 Å². The van der Waals surface area contributed by atoms with Gasteiger partial charge in [-0.2, -0.15) is 0 Å². The minimum atomic E-state index is 0.0309. The fourth-order valence-electron chi connectivity index (χ4n) is 3.03. The fraction of sp³-hybridized carbons (Fsp3) is 0.368. The number of nitrogens with zero attached hydrogens (tertiary/aromatic N) is 2. The van der Waals surface area contributed by atoms with Gasteiger partial charge in [-0.3, -0.25) is 14.7 Å². The Kier molecular flexibility index (Phi) is 5.37. The third kappa shape index (κ3) is 4.63. The summed E-state index contributed by atoms with van der Waals surface area (Å²) >= 11 is 0. The Morgan fingerprint density at radius 3 is 2.61 bits per heavy atom. The predicted octanol–water partition coefficient (Wildman–Crippen LogP) is 2.72. The van der Waals surface area contributed by atoms with Crippen LogP contribution in [0.25, 0.3) is 0 Å². The van der Waals surface area contributed by atoms with Crippen molar-refractivity contribution in [2.24, 2.45) is 5.92 Å². The molecule has 1 fully saturated rings. The minimum absolute atomic E-state index is 0.0309. The van der Waals surface area contributed by atoms with E-state index in [1.165, 1.54) is 5.56 Å². The van der Waals surface area contributed by atoms with E-state index in [1.807, 2.05) is 48.8 Å². The van der Waals surface area contributed by atoms with Crippen LogP contribution >= 0.6 is 0 Å². The van der Waals surface area contributed by atoms with E-state index in [-0.39, 0.29) is 5.91 Å². The van der Waals surface area contributed by atoms with Crippen LogP contribution in [0.4, 0.5) is 0 Å². The fourth-order valence-corrected chi connectivity index (χ4v) is 3.03. The van der Waals surface area contributed by atoms with Crippen LogP contribution in [-0.2, 0) is 6.54 Å². The summed E-state index contributed by atoms with van der Waals surface area (Å²) in [6.45, 7) is 3.91. The number of benzene rings is 1. The van der Waals surface area contributed by atoms with Gasteiger partial charge in [-0.25, -0.2) is 0 Å². The van der Waals surface area contributed by atoms with Gasteiger partial charge in [0.1, 0.15) is 0 Å². The van der Waals surface area contributed by atoms with Crippen molar-refractivity contribution in [2.45, 2.75) is 19.4 Å². The lowest BCUT2D eigenvalue weighted by Gasteiger charge is -2.32. The van der Waals surface area contributed by atoms with Gasteiger partial charge in [0.25, 0.3) is 5.91 Å². The van der Waals surface area contributed by atoms with E-state index in [9.17, 15) is 4.79 Å². The minimum Gasteiger partial charge on any atom is -0.352 e. The van der Waals surface area contributed by atoms with Crippen LogP contribution in [0.15, 0.2) is 54.9 Å². The van der Waals surface area contributed by atoms with Crippen LogP contribution in [0.3, 0.4) is 0 Å². The third-order valence-corrected chi connectivity index (χ3v) is 4.42. The monoisotopic (exact) mass is 309 g/mol. The van der Waals surface area contributed by atoms with E-state index in [0.717, 1.165) is 44.6 Å². The summed E-state index contributed by atoms with van der Waals surface area (Å²) in [6, 6.07) is 13.5. The SMILES string of the molecule is O=C(NCC1CCN(Cc2cccnc2)CC1)c1ccccc1. The first-order chi connectivity index (χ1) is 11.3. The zero-order valence-electron chi connectivity index (χ0n) is 13.3. The van der Waals surface area contributed by atoms with Gasteiger partial charge in [-0.05, 0) is 55.6 Å². The molecule has 1 aliphatic rings. The van der Waals surface area contributed by atoms with Crippen molar-refractivity contribution in [2.75, 3.05) is 19.6 Å². The second kappa shape index (κ2) is 7.88. The second-order valence-electron chi connectivity index (χ2n) is 6.16. The number of piperidine rings is 1. The van der Waals surface area contributed by atoms with Gasteiger partial charge in [-0.1, -0.05) is 24.3 Å². The van der Waals surface area contributed by atoms with E-state index in [1.54, 1.807) is 0 Å². The molecule has 2 aromatic rings. The number of carbonyl (C=O) groups is 1. The number of rotatable bonds is 5. The molecule has 0 bridgehead atoms. The summed E-state index contributed by atoms with van der Waals surface area (Å²) in [7, 11) is 0. The summed E-state index contributed by atoms with van der Waals surface area (Å²) < 4.78 is 0. The molecule has 0 unspecified atom stereocenters. The summed E-state index contributed by atoms with van der Waals surface area (Å²) in [5, 5.41) is 3.07. The number of likely N-dealkylation sites (tertiary alicyclic amines) is 1. The van der Waals surface area contributed by atoms with E-state index in [4.69, 9.17) is 0 Å². The Morgan fingerprint density at radius 1 is 1.13 bits per heavy atom. The van der Waals surface area contributed by atoms with Crippen molar-refractivity contribution < 1.29 is 4.79 Å². The maximum Gasteiger partial charge on any atom is 0.251 e. The summed E-state index contributed by atoms with van der Waals surface area (Å²) in [4.78, 5) is 18.7. The van der Waals surface area contributed by atoms with Gasteiger partial charge in [0.15, 0.2) is 0 Å². The Balaban J connectivity index is 1.40. The molecular formula is C19H23N3O. The molecule has 1 aliphatic heterocycles. The molecule has 0 spiro atoms. The molecule has 0 radical (unpaired) electrons. The number of hydrogen-bond donors (Lipinski definition) is 1. The molecule has 0 atom stereocenters. The zero-order valence-corrected chi connectivity index (χ0v) is 13.3. The molecular weight excluding hydrogens is 286 g/mol. The van der Waals surface area contributed by atoms with Gasteiger partial charge in [0.05, 0.1) is 0 Å². The number of pyridine rings is 1. The lowest BCUT2D eigenvalue weighted by molar-refractivity contribution is 0.0935. The highest BCUT2D eigenvalue weighted by atomic mass is 16.1. The molecule has 1 N–H and O–H groups in total. The Labute approximate surface area is 137 Å². The van der Waals surface area contributed by atoms with Crippen LogP contribution < -0.4 is 5.32 Å². The van der Waals surface area contributed by atoms with Gasteiger partial charge in [-0.15, -0.1) is 0 Å². The number of amides is 1. The predicted molar refractivity (Wildman–Crippen MR) is 91.0 cm³/mol. The third-order valence-electron chi connectivity index (χ3n) is 4.42. The largest absolute Gasteiger partial charge is 0.352 e. The van der Waals surface area contributed by atoms with Crippen molar-refractivity contribution in [1.29, 1.82) is 0 Å². The molecule has 4 nitrogen and oxygen atoms in total. The molecule has 1 saturated heterocycles. The van der Waals surface area contributed by atoms with Gasteiger partial charge in [0, 0.05) is 31.0 Å². The molecule has 120 valence electrons. The molecule has 1 aromatic heterocycles. The average molecular weight is 309 g/mol. The molecule has 4 heteroatoms. The van der Waals surface area contributed by atoms with Crippen molar-refractivity contribution in [3.63, 3.8) is 0 Å². The molecule has 2 heterocycles. The van der Waals surface area contributed by atoms with E-state index in [0.29, 0.717) is 5.92 Å². The lowest BCUT2D eigenvalue weighted by Crippen LogP contribution is -2.38. The van der Waals surface area contributed by atoms with Crippen molar-refractivity contribution in [1.82, 2.24) is 15.2 Å². The van der Waals surface area contributed by atoms with Crippen LogP contribution in [0.2, 0.25) is 0 Å². The molecule has 0 aliphatic carbocycles. The summed E-state index contributed by atoms with van der Waals surface area (Å²) in [5.74, 6) is 0.608. The van der Waals surface area contributed by atoms with Crippen molar-refractivity contribution >= 4 is 5.91 Å². The van der Waals surface area contributed by atoms with Crippen molar-refractivity contribution in [3.8, 4) is 0 Å². The first-order valence-electron chi connectivity index (χ1n) is 8.26. The first-order valence-corrected chi connectivity index (χ1v) is 8.26. The van der Waals surface area contributed by atoms with E-state index < -0.39 is 0 Å². The van der Waals surface area contributed by atoms with Gasteiger partial charge >= 0.3 is 0 Å². The summed E-state index contributed by atoms with van der Waals surface area (Å²) in [5.41, 5.74) is 2.00. The molecule has 3 rings (SSSR count). The molecule has 0 saturated carbocycles. The van der Waals surface area contributed by atoms with Crippen LogP contribution in [0, 0.1) is 5.92 Å². The highest BCUT2D eigenvalue weighted by Gasteiger charge is 2.20. The Bertz CT molecular complexity index is 607. The van der Waals surface area contributed by atoms with Crippen LogP contribution in [0.1, 0.15) is 28.8 Å². The number of nitrogens with one attached hydrogen (secondary N) is 1. The quantitative estimate of drug-likeness (QED) is 0.923. The standard InChI is InChI=1S/C19H23N3O/c23-19(18-6-2-1-3-7-18)21-14-16-8-11-22(12-9-16)15-17-5-4-10-20-13-17/h1-7,10,13,16H,8-9,11-12,14-15H2,(H,21,23). The molecule has 23 heavy (non-hydrogen) atoms.